The Morgan fingerprint density at radius 2 is 1.83 bits per heavy atom. The fourth-order valence-electron chi connectivity index (χ4n) is 3.18. The lowest BCUT2D eigenvalue weighted by molar-refractivity contribution is 0.360. The highest BCUT2D eigenvalue weighted by molar-refractivity contribution is 5.91. The smallest absolute Gasteiger partial charge is 0.163 e. The number of para-hydroxylation sites is 1. The van der Waals surface area contributed by atoms with E-state index in [1.165, 1.54) is 0 Å². The van der Waals surface area contributed by atoms with Crippen LogP contribution in [0.4, 0.5) is 5.82 Å². The molecule has 3 aromatic rings. The predicted molar refractivity (Wildman–Crippen MR) is 97.1 cm³/mol. The fraction of sp³-hybridized carbons (Fsp3) is 0.316. The van der Waals surface area contributed by atoms with E-state index >= 15 is 0 Å². The molecule has 0 radical (unpaired) electrons. The van der Waals surface area contributed by atoms with Crippen molar-refractivity contribution in [3.8, 4) is 11.4 Å². The van der Waals surface area contributed by atoms with Crippen molar-refractivity contribution >= 4 is 16.7 Å². The average Bonchev–Trinajstić information content (AvgIpc) is 2.86. The van der Waals surface area contributed by atoms with Crippen molar-refractivity contribution in [2.75, 3.05) is 38.1 Å². The lowest BCUT2D eigenvalue weighted by Gasteiger charge is -2.23. The number of fused-ring (bicyclic) bond motifs is 1. The molecule has 5 heteroatoms. The molecule has 122 valence electrons. The summed E-state index contributed by atoms with van der Waals surface area (Å²) in [7, 11) is 2.18. The third-order valence-electron chi connectivity index (χ3n) is 4.52. The average molecular weight is 319 g/mol. The van der Waals surface area contributed by atoms with Crippen LogP contribution >= 0.6 is 0 Å². The summed E-state index contributed by atoms with van der Waals surface area (Å²) >= 11 is 0. The number of hydrogen-bond donors (Lipinski definition) is 0. The number of benzene rings is 1. The van der Waals surface area contributed by atoms with Gasteiger partial charge in [-0.15, -0.1) is 0 Å². The minimum atomic E-state index is 0.745. The lowest BCUT2D eigenvalue weighted by atomic mass is 10.2. The van der Waals surface area contributed by atoms with Crippen LogP contribution in [0.25, 0.3) is 22.3 Å². The van der Waals surface area contributed by atoms with E-state index < -0.39 is 0 Å². The topological polar surface area (TPSA) is 45.2 Å². The Bertz CT molecular complexity index is 834. The van der Waals surface area contributed by atoms with Gasteiger partial charge in [-0.3, -0.25) is 4.98 Å². The van der Waals surface area contributed by atoms with Gasteiger partial charge >= 0.3 is 0 Å². The highest BCUT2D eigenvalue weighted by atomic mass is 15.2. The molecule has 0 spiro atoms. The number of hydrogen-bond acceptors (Lipinski definition) is 5. The Morgan fingerprint density at radius 3 is 2.71 bits per heavy atom. The van der Waals surface area contributed by atoms with Gasteiger partial charge in [-0.25, -0.2) is 9.97 Å². The van der Waals surface area contributed by atoms with Crippen molar-refractivity contribution in [2.24, 2.45) is 0 Å². The molecule has 1 fully saturated rings. The van der Waals surface area contributed by atoms with Gasteiger partial charge in [-0.1, -0.05) is 12.1 Å². The Kier molecular flexibility index (Phi) is 4.09. The van der Waals surface area contributed by atoms with Crippen molar-refractivity contribution in [3.05, 3.63) is 48.8 Å². The molecule has 1 aromatic carbocycles. The molecule has 2 aromatic heterocycles. The van der Waals surface area contributed by atoms with Crippen LogP contribution in [0.5, 0.6) is 0 Å². The molecule has 1 aliphatic rings. The maximum atomic E-state index is 4.92. The normalized spacial score (nSPS) is 16.3. The lowest BCUT2D eigenvalue weighted by Crippen LogP contribution is -2.29. The van der Waals surface area contributed by atoms with E-state index in [2.05, 4.69) is 40.0 Å². The Hall–Kier alpha value is -2.53. The second kappa shape index (κ2) is 6.53. The van der Waals surface area contributed by atoms with Crippen LogP contribution in [0, 0.1) is 0 Å². The third kappa shape index (κ3) is 2.95. The molecule has 0 atom stereocenters. The Morgan fingerprint density at radius 1 is 0.917 bits per heavy atom. The first-order valence-electron chi connectivity index (χ1n) is 8.42. The van der Waals surface area contributed by atoms with Crippen LogP contribution in [0.3, 0.4) is 0 Å². The molecule has 0 amide bonds. The molecule has 1 aliphatic heterocycles. The van der Waals surface area contributed by atoms with Gasteiger partial charge in [0.2, 0.25) is 0 Å². The summed E-state index contributed by atoms with van der Waals surface area (Å²) in [6, 6.07) is 12.2. The first kappa shape index (κ1) is 15.0. The second-order valence-electron chi connectivity index (χ2n) is 6.27. The van der Waals surface area contributed by atoms with Gasteiger partial charge in [0.15, 0.2) is 5.82 Å². The Labute approximate surface area is 142 Å². The van der Waals surface area contributed by atoms with E-state index in [0.29, 0.717) is 0 Å². The zero-order valence-electron chi connectivity index (χ0n) is 13.9. The molecule has 5 nitrogen and oxygen atoms in total. The molecular formula is C19H21N5. The fourth-order valence-corrected chi connectivity index (χ4v) is 3.18. The zero-order valence-corrected chi connectivity index (χ0v) is 13.9. The SMILES string of the molecule is CN1CCCN(c2nc(-c3cccnc3)nc3ccccc23)CC1. The van der Waals surface area contributed by atoms with Crippen LogP contribution in [0.2, 0.25) is 0 Å². The Balaban J connectivity index is 1.83. The van der Waals surface area contributed by atoms with Crippen LogP contribution in [0.15, 0.2) is 48.8 Å². The van der Waals surface area contributed by atoms with Gasteiger partial charge in [0.05, 0.1) is 5.52 Å². The molecule has 0 N–H and O–H groups in total. The summed E-state index contributed by atoms with van der Waals surface area (Å²) in [5.41, 5.74) is 1.94. The maximum Gasteiger partial charge on any atom is 0.163 e. The van der Waals surface area contributed by atoms with Crippen molar-refractivity contribution < 1.29 is 0 Å². The summed E-state index contributed by atoms with van der Waals surface area (Å²) < 4.78 is 0. The summed E-state index contributed by atoms with van der Waals surface area (Å²) in [5, 5.41) is 1.12. The number of likely N-dealkylation sites (N-methyl/N-ethyl adjacent to an activating group) is 1. The molecule has 24 heavy (non-hydrogen) atoms. The number of pyridine rings is 1. The van der Waals surface area contributed by atoms with E-state index in [1.54, 1.807) is 6.20 Å². The van der Waals surface area contributed by atoms with Crippen LogP contribution < -0.4 is 4.90 Å². The minimum absolute atomic E-state index is 0.745. The summed E-state index contributed by atoms with van der Waals surface area (Å²) in [6.07, 6.45) is 4.75. The zero-order chi connectivity index (χ0) is 16.4. The quantitative estimate of drug-likeness (QED) is 0.727. The van der Waals surface area contributed by atoms with Crippen molar-refractivity contribution in [1.82, 2.24) is 19.9 Å². The molecule has 0 saturated carbocycles. The van der Waals surface area contributed by atoms with Crippen molar-refractivity contribution in [2.45, 2.75) is 6.42 Å². The molecule has 3 heterocycles. The number of rotatable bonds is 2. The number of aromatic nitrogens is 3. The molecule has 0 aliphatic carbocycles. The summed E-state index contributed by atoms with van der Waals surface area (Å²) in [4.78, 5) is 18.7. The van der Waals surface area contributed by atoms with Gasteiger partial charge in [0.1, 0.15) is 5.82 Å². The number of anilines is 1. The van der Waals surface area contributed by atoms with E-state index in [1.807, 2.05) is 24.4 Å². The van der Waals surface area contributed by atoms with Crippen LogP contribution in [-0.4, -0.2) is 53.1 Å². The van der Waals surface area contributed by atoms with Crippen LogP contribution in [-0.2, 0) is 0 Å². The predicted octanol–water partition coefficient (Wildman–Crippen LogP) is 2.83. The maximum absolute atomic E-state index is 4.92. The standard InChI is InChI=1S/C19H21N5/c1-23-10-5-11-24(13-12-23)19-16-7-2-3-8-17(16)21-18(22-19)15-6-4-9-20-14-15/h2-4,6-9,14H,5,10-13H2,1H3. The molecular weight excluding hydrogens is 298 g/mol. The summed E-state index contributed by atoms with van der Waals surface area (Å²) in [5.74, 6) is 1.78. The molecule has 1 saturated heterocycles. The number of nitrogens with zero attached hydrogens (tertiary/aromatic N) is 5. The third-order valence-corrected chi connectivity index (χ3v) is 4.52. The first-order valence-corrected chi connectivity index (χ1v) is 8.42. The van der Waals surface area contributed by atoms with E-state index in [4.69, 9.17) is 9.97 Å². The van der Waals surface area contributed by atoms with E-state index in [9.17, 15) is 0 Å². The van der Waals surface area contributed by atoms with Gasteiger partial charge < -0.3 is 9.80 Å². The van der Waals surface area contributed by atoms with Gasteiger partial charge in [-0.05, 0) is 44.3 Å². The van der Waals surface area contributed by atoms with Crippen molar-refractivity contribution in [3.63, 3.8) is 0 Å². The largest absolute Gasteiger partial charge is 0.355 e. The summed E-state index contributed by atoms with van der Waals surface area (Å²) in [6.45, 7) is 4.21. The van der Waals surface area contributed by atoms with Gasteiger partial charge in [0, 0.05) is 43.0 Å². The van der Waals surface area contributed by atoms with E-state index in [0.717, 1.165) is 60.7 Å². The van der Waals surface area contributed by atoms with E-state index in [-0.39, 0.29) is 0 Å². The highest BCUT2D eigenvalue weighted by Gasteiger charge is 2.18. The van der Waals surface area contributed by atoms with Crippen LogP contribution in [0.1, 0.15) is 6.42 Å². The second-order valence-corrected chi connectivity index (χ2v) is 6.27. The molecule has 0 unspecified atom stereocenters. The molecule has 4 rings (SSSR count). The minimum Gasteiger partial charge on any atom is -0.355 e. The highest BCUT2D eigenvalue weighted by Crippen LogP contribution is 2.27. The van der Waals surface area contributed by atoms with Gasteiger partial charge in [-0.2, -0.15) is 0 Å². The van der Waals surface area contributed by atoms with Gasteiger partial charge in [0.25, 0.3) is 0 Å². The molecule has 0 bridgehead atoms. The van der Waals surface area contributed by atoms with Crippen molar-refractivity contribution in [1.29, 1.82) is 0 Å². The first-order chi connectivity index (χ1) is 11.8. The monoisotopic (exact) mass is 319 g/mol.